The first-order valence-electron chi connectivity index (χ1n) is 11.4. The molecule has 1 aliphatic rings. The van der Waals surface area contributed by atoms with Gasteiger partial charge in [-0.3, -0.25) is 9.59 Å². The molecule has 0 saturated carbocycles. The number of carbonyl (C=O) groups is 4. The van der Waals surface area contributed by atoms with Crippen molar-refractivity contribution in [2.45, 2.75) is 65.1 Å². The summed E-state index contributed by atoms with van der Waals surface area (Å²) in [6.07, 6.45) is -0.430. The minimum Gasteiger partial charge on any atom is -0.480 e. The number of amides is 3. The number of carboxylic acid groups (broad SMARTS) is 1. The van der Waals surface area contributed by atoms with Crippen LogP contribution in [0.1, 0.15) is 58.6 Å². The molecular formula is C24H35N3O6. The van der Waals surface area contributed by atoms with Crippen molar-refractivity contribution in [3.05, 3.63) is 35.9 Å². The number of alkyl carbamates (subject to hydrolysis) is 1. The van der Waals surface area contributed by atoms with Crippen LogP contribution < -0.4 is 16.0 Å². The molecule has 9 heteroatoms. The van der Waals surface area contributed by atoms with E-state index in [1.54, 1.807) is 0 Å². The van der Waals surface area contributed by atoms with Crippen molar-refractivity contribution in [3.8, 4) is 0 Å². The lowest BCUT2D eigenvalue weighted by Crippen LogP contribution is -2.52. The number of carboxylic acids is 1. The molecule has 33 heavy (non-hydrogen) atoms. The van der Waals surface area contributed by atoms with Crippen molar-refractivity contribution in [3.63, 3.8) is 0 Å². The molecule has 3 amide bonds. The van der Waals surface area contributed by atoms with E-state index in [1.807, 2.05) is 58.0 Å². The zero-order valence-electron chi connectivity index (χ0n) is 19.7. The van der Waals surface area contributed by atoms with Gasteiger partial charge in [0, 0.05) is 12.5 Å². The Balaban J connectivity index is 2.06. The van der Waals surface area contributed by atoms with Crippen LogP contribution in [0.15, 0.2) is 30.3 Å². The first kappa shape index (κ1) is 26.2. The Morgan fingerprint density at radius 3 is 2.27 bits per heavy atom. The number of nitrogens with one attached hydrogen (secondary N) is 3. The molecule has 1 aromatic carbocycles. The fraction of sp³-hybridized carbons (Fsp3) is 0.583. The number of aliphatic carboxylic acids is 1. The molecule has 0 radical (unpaired) electrons. The summed E-state index contributed by atoms with van der Waals surface area (Å²) in [5.41, 5.74) is 0.841. The number of benzene rings is 1. The number of hydrogen-bond donors (Lipinski definition) is 4. The summed E-state index contributed by atoms with van der Waals surface area (Å²) < 4.78 is 5.64. The Bertz CT molecular complexity index is 827. The van der Waals surface area contributed by atoms with Crippen LogP contribution in [0, 0.1) is 17.8 Å². The summed E-state index contributed by atoms with van der Waals surface area (Å²) in [4.78, 5) is 49.2. The molecule has 1 fully saturated rings. The van der Waals surface area contributed by atoms with E-state index in [2.05, 4.69) is 16.0 Å². The standard InChI is InChI=1S/C24H35N3O6/c1-14(2)12-18(22(29)26-19(23(30)31)13-17-10-11-25-21(17)28)27-24(32)33-20(15(3)4)16-8-6-5-7-9-16/h5-9,14-15,17-20H,10-13H2,1-4H3,(H,25,28)(H,26,29)(H,27,32)(H,30,31)/t17-,18-,19-,20?/m0/s1. The summed E-state index contributed by atoms with van der Waals surface area (Å²) >= 11 is 0. The Hall–Kier alpha value is -3.10. The third-order valence-electron chi connectivity index (χ3n) is 5.58. The van der Waals surface area contributed by atoms with E-state index in [0.29, 0.717) is 19.4 Å². The quantitative estimate of drug-likeness (QED) is 0.400. The molecule has 0 bridgehead atoms. The van der Waals surface area contributed by atoms with Gasteiger partial charge in [0.05, 0.1) is 0 Å². The van der Waals surface area contributed by atoms with Crippen LogP contribution in [0.2, 0.25) is 0 Å². The topological polar surface area (TPSA) is 134 Å². The van der Waals surface area contributed by atoms with Crippen LogP contribution in [0.5, 0.6) is 0 Å². The van der Waals surface area contributed by atoms with Crippen LogP contribution >= 0.6 is 0 Å². The van der Waals surface area contributed by atoms with Crippen LogP contribution in [-0.4, -0.2) is 47.6 Å². The predicted molar refractivity (Wildman–Crippen MR) is 122 cm³/mol. The van der Waals surface area contributed by atoms with Gasteiger partial charge in [-0.25, -0.2) is 9.59 Å². The van der Waals surface area contributed by atoms with Crippen LogP contribution in [0.4, 0.5) is 4.79 Å². The second kappa shape index (κ2) is 12.2. The van der Waals surface area contributed by atoms with E-state index in [4.69, 9.17) is 4.74 Å². The zero-order valence-corrected chi connectivity index (χ0v) is 19.7. The largest absolute Gasteiger partial charge is 0.480 e. The molecule has 182 valence electrons. The van der Waals surface area contributed by atoms with E-state index in [1.165, 1.54) is 0 Å². The Labute approximate surface area is 194 Å². The highest BCUT2D eigenvalue weighted by Gasteiger charge is 2.33. The van der Waals surface area contributed by atoms with Gasteiger partial charge < -0.3 is 25.8 Å². The summed E-state index contributed by atoms with van der Waals surface area (Å²) in [6.45, 7) is 8.14. The van der Waals surface area contributed by atoms with Gasteiger partial charge in [-0.2, -0.15) is 0 Å². The third-order valence-corrected chi connectivity index (χ3v) is 5.58. The summed E-state index contributed by atoms with van der Waals surface area (Å²) in [7, 11) is 0. The Morgan fingerprint density at radius 1 is 1.09 bits per heavy atom. The molecule has 4 N–H and O–H groups in total. The second-order valence-corrected chi connectivity index (χ2v) is 9.22. The van der Waals surface area contributed by atoms with Crippen molar-refractivity contribution < 1.29 is 29.0 Å². The molecule has 9 nitrogen and oxygen atoms in total. The lowest BCUT2D eigenvalue weighted by molar-refractivity contribution is -0.143. The van der Waals surface area contributed by atoms with Gasteiger partial charge in [-0.1, -0.05) is 58.0 Å². The average Bonchev–Trinajstić information content (AvgIpc) is 3.15. The number of hydrogen-bond acceptors (Lipinski definition) is 5. The van der Waals surface area contributed by atoms with Gasteiger partial charge in [0.1, 0.15) is 18.2 Å². The fourth-order valence-electron chi connectivity index (χ4n) is 3.87. The summed E-state index contributed by atoms with van der Waals surface area (Å²) in [5.74, 6) is -2.46. The van der Waals surface area contributed by atoms with E-state index in [9.17, 15) is 24.3 Å². The lowest BCUT2D eigenvalue weighted by Gasteiger charge is -2.26. The smallest absolute Gasteiger partial charge is 0.408 e. The van der Waals surface area contributed by atoms with Crippen LogP contribution in [0.3, 0.4) is 0 Å². The maximum atomic E-state index is 12.9. The minimum atomic E-state index is -1.23. The van der Waals surface area contributed by atoms with Crippen molar-refractivity contribution in [1.82, 2.24) is 16.0 Å². The molecule has 1 unspecified atom stereocenters. The molecule has 1 heterocycles. The highest BCUT2D eigenvalue weighted by molar-refractivity contribution is 5.90. The molecule has 1 saturated heterocycles. The van der Waals surface area contributed by atoms with E-state index in [-0.39, 0.29) is 24.2 Å². The normalized spacial score (nSPS) is 18.4. The maximum Gasteiger partial charge on any atom is 0.408 e. The molecule has 2 rings (SSSR count). The predicted octanol–water partition coefficient (Wildman–Crippen LogP) is 2.62. The summed E-state index contributed by atoms with van der Waals surface area (Å²) in [6, 6.07) is 7.12. The SMILES string of the molecule is CC(C)C[C@H](NC(=O)OC(c1ccccc1)C(C)C)C(=O)N[C@@H](C[C@@H]1CCNC1=O)C(=O)O. The van der Waals surface area contributed by atoms with E-state index >= 15 is 0 Å². The molecule has 4 atom stereocenters. The summed E-state index contributed by atoms with van der Waals surface area (Å²) in [5, 5.41) is 17.3. The first-order valence-corrected chi connectivity index (χ1v) is 11.4. The second-order valence-electron chi connectivity index (χ2n) is 9.22. The van der Waals surface area contributed by atoms with Crippen LogP contribution in [0.25, 0.3) is 0 Å². The molecule has 0 aromatic heterocycles. The molecule has 1 aromatic rings. The third kappa shape index (κ3) is 8.07. The van der Waals surface area contributed by atoms with Gasteiger partial charge in [-0.05, 0) is 36.7 Å². The molecule has 0 spiro atoms. The number of ether oxygens (including phenoxy) is 1. The van der Waals surface area contributed by atoms with Crippen molar-refractivity contribution in [1.29, 1.82) is 0 Å². The van der Waals surface area contributed by atoms with Gasteiger partial charge in [0.2, 0.25) is 11.8 Å². The van der Waals surface area contributed by atoms with Gasteiger partial charge in [0.15, 0.2) is 0 Å². The highest BCUT2D eigenvalue weighted by Crippen LogP contribution is 2.26. The van der Waals surface area contributed by atoms with Gasteiger partial charge in [0.25, 0.3) is 0 Å². The van der Waals surface area contributed by atoms with E-state index < -0.39 is 42.1 Å². The first-order chi connectivity index (χ1) is 15.6. The molecular weight excluding hydrogens is 426 g/mol. The number of rotatable bonds is 11. The van der Waals surface area contributed by atoms with Crippen LogP contribution in [-0.2, 0) is 19.1 Å². The van der Waals surface area contributed by atoms with Gasteiger partial charge in [-0.15, -0.1) is 0 Å². The number of carbonyl (C=O) groups excluding carboxylic acids is 3. The van der Waals surface area contributed by atoms with Gasteiger partial charge >= 0.3 is 12.1 Å². The lowest BCUT2D eigenvalue weighted by atomic mass is 9.97. The molecule has 0 aliphatic carbocycles. The van der Waals surface area contributed by atoms with E-state index in [0.717, 1.165) is 5.56 Å². The average molecular weight is 462 g/mol. The van der Waals surface area contributed by atoms with Crippen molar-refractivity contribution >= 4 is 23.9 Å². The maximum absolute atomic E-state index is 12.9. The fourth-order valence-corrected chi connectivity index (χ4v) is 3.87. The Kier molecular flexibility index (Phi) is 9.69. The zero-order chi connectivity index (χ0) is 24.5. The van der Waals surface area contributed by atoms with Crippen molar-refractivity contribution in [2.24, 2.45) is 17.8 Å². The molecule has 1 aliphatic heterocycles. The minimum absolute atomic E-state index is 0.00414. The monoisotopic (exact) mass is 461 g/mol. The van der Waals surface area contributed by atoms with Crippen molar-refractivity contribution in [2.75, 3.05) is 6.54 Å². The highest BCUT2D eigenvalue weighted by atomic mass is 16.6. The Morgan fingerprint density at radius 2 is 1.76 bits per heavy atom.